The molecule has 7 nitrogen and oxygen atoms in total. The second-order valence-corrected chi connectivity index (χ2v) is 7.27. The van der Waals surface area contributed by atoms with Gasteiger partial charge in [0.05, 0.1) is 25.2 Å². The van der Waals surface area contributed by atoms with E-state index in [1.807, 2.05) is 13.8 Å². The summed E-state index contributed by atoms with van der Waals surface area (Å²) in [6, 6.07) is 0. The molecule has 0 saturated carbocycles. The van der Waals surface area contributed by atoms with E-state index in [-0.39, 0.29) is 5.56 Å². The van der Waals surface area contributed by atoms with E-state index in [2.05, 4.69) is 19.9 Å². The van der Waals surface area contributed by atoms with E-state index in [4.69, 9.17) is 4.74 Å². The van der Waals surface area contributed by atoms with Gasteiger partial charge in [-0.15, -0.1) is 0 Å². The molecule has 0 spiro atoms. The van der Waals surface area contributed by atoms with Crippen LogP contribution in [0.5, 0.6) is 0 Å². The number of aryl methyl sites for hydroxylation is 1. The van der Waals surface area contributed by atoms with Crippen molar-refractivity contribution in [1.82, 2.24) is 19.5 Å². The number of rotatable bonds is 3. The van der Waals surface area contributed by atoms with Crippen molar-refractivity contribution in [3.8, 4) is 0 Å². The van der Waals surface area contributed by atoms with Gasteiger partial charge in [0.1, 0.15) is 12.1 Å². The molecule has 2 aliphatic rings. The van der Waals surface area contributed by atoms with Crippen molar-refractivity contribution in [3.05, 3.63) is 45.5 Å². The molecular weight excluding hydrogens is 330 g/mol. The molecule has 138 valence electrons. The molecular formula is C19H25N5O2. The molecule has 0 aromatic carbocycles. The fourth-order valence-corrected chi connectivity index (χ4v) is 3.83. The Morgan fingerprint density at radius 2 is 2.00 bits per heavy atom. The molecule has 0 unspecified atom stereocenters. The van der Waals surface area contributed by atoms with Crippen LogP contribution in [0.3, 0.4) is 0 Å². The summed E-state index contributed by atoms with van der Waals surface area (Å²) < 4.78 is 7.38. The fourth-order valence-electron chi connectivity index (χ4n) is 3.83. The summed E-state index contributed by atoms with van der Waals surface area (Å²) in [5.41, 5.74) is 3.92. The van der Waals surface area contributed by atoms with Crippen molar-refractivity contribution in [2.75, 3.05) is 24.6 Å². The zero-order chi connectivity index (χ0) is 18.1. The first-order valence-electron chi connectivity index (χ1n) is 9.31. The van der Waals surface area contributed by atoms with Crippen LogP contribution in [0.4, 0.5) is 5.82 Å². The van der Waals surface area contributed by atoms with E-state index >= 15 is 0 Å². The van der Waals surface area contributed by atoms with Crippen LogP contribution in [-0.4, -0.2) is 39.2 Å². The molecule has 4 rings (SSSR count). The third-order valence-electron chi connectivity index (χ3n) is 5.63. The van der Waals surface area contributed by atoms with Gasteiger partial charge in [-0.05, 0) is 32.6 Å². The Hall–Kier alpha value is -2.28. The SMILES string of the molecule is Cc1ncn(CC2CCN(c3ncnc4c3COCC4)CC2)c(=O)c1C. The minimum atomic E-state index is 0.0851. The highest BCUT2D eigenvalue weighted by Gasteiger charge is 2.25. The Morgan fingerprint density at radius 1 is 1.19 bits per heavy atom. The van der Waals surface area contributed by atoms with Gasteiger partial charge in [-0.1, -0.05) is 0 Å². The zero-order valence-corrected chi connectivity index (χ0v) is 15.4. The lowest BCUT2D eigenvalue weighted by Gasteiger charge is -2.34. The first kappa shape index (κ1) is 17.1. The Kier molecular flexibility index (Phi) is 4.72. The summed E-state index contributed by atoms with van der Waals surface area (Å²) in [5, 5.41) is 0. The maximum Gasteiger partial charge on any atom is 0.256 e. The van der Waals surface area contributed by atoms with Crippen LogP contribution >= 0.6 is 0 Å². The molecule has 1 saturated heterocycles. The Labute approximate surface area is 153 Å². The minimum absolute atomic E-state index is 0.0851. The van der Waals surface area contributed by atoms with Crippen LogP contribution in [0.25, 0.3) is 0 Å². The van der Waals surface area contributed by atoms with Crippen LogP contribution in [0.15, 0.2) is 17.4 Å². The van der Waals surface area contributed by atoms with Gasteiger partial charge >= 0.3 is 0 Å². The topological polar surface area (TPSA) is 73.1 Å². The average Bonchev–Trinajstić information content (AvgIpc) is 2.69. The van der Waals surface area contributed by atoms with Crippen molar-refractivity contribution in [2.24, 2.45) is 5.92 Å². The second kappa shape index (κ2) is 7.15. The quantitative estimate of drug-likeness (QED) is 0.833. The Balaban J connectivity index is 1.44. The van der Waals surface area contributed by atoms with Gasteiger partial charge in [-0.25, -0.2) is 15.0 Å². The maximum atomic E-state index is 12.4. The molecule has 0 N–H and O–H groups in total. The zero-order valence-electron chi connectivity index (χ0n) is 15.4. The molecule has 7 heteroatoms. The Morgan fingerprint density at radius 3 is 2.81 bits per heavy atom. The van der Waals surface area contributed by atoms with E-state index in [1.165, 1.54) is 0 Å². The summed E-state index contributed by atoms with van der Waals surface area (Å²) >= 11 is 0. The first-order valence-corrected chi connectivity index (χ1v) is 9.31. The molecule has 2 aromatic rings. The predicted octanol–water partition coefficient (Wildman–Crippen LogP) is 1.64. The lowest BCUT2D eigenvalue weighted by atomic mass is 9.96. The maximum absolute atomic E-state index is 12.4. The number of hydrogen-bond acceptors (Lipinski definition) is 6. The lowest BCUT2D eigenvalue weighted by molar-refractivity contribution is 0.109. The van der Waals surface area contributed by atoms with E-state index in [0.29, 0.717) is 12.5 Å². The second-order valence-electron chi connectivity index (χ2n) is 7.27. The molecule has 0 radical (unpaired) electrons. The number of anilines is 1. The molecule has 0 bridgehead atoms. The van der Waals surface area contributed by atoms with Crippen molar-refractivity contribution < 1.29 is 4.74 Å². The third-order valence-corrected chi connectivity index (χ3v) is 5.63. The third kappa shape index (κ3) is 3.23. The van der Waals surface area contributed by atoms with Gasteiger partial charge in [-0.2, -0.15) is 0 Å². The smallest absolute Gasteiger partial charge is 0.256 e. The van der Waals surface area contributed by atoms with Gasteiger partial charge in [0.15, 0.2) is 0 Å². The highest BCUT2D eigenvalue weighted by atomic mass is 16.5. The summed E-state index contributed by atoms with van der Waals surface area (Å²) in [4.78, 5) is 28.0. The number of aromatic nitrogens is 4. The van der Waals surface area contributed by atoms with Crippen LogP contribution in [0.1, 0.15) is 35.4 Å². The van der Waals surface area contributed by atoms with Gasteiger partial charge < -0.3 is 9.64 Å². The van der Waals surface area contributed by atoms with Gasteiger partial charge in [0.25, 0.3) is 5.56 Å². The predicted molar refractivity (Wildman–Crippen MR) is 98.3 cm³/mol. The van der Waals surface area contributed by atoms with Crippen LogP contribution in [0, 0.1) is 19.8 Å². The van der Waals surface area contributed by atoms with Gasteiger partial charge in [-0.3, -0.25) is 9.36 Å². The summed E-state index contributed by atoms with van der Waals surface area (Å²) in [6.07, 6.45) is 6.31. The highest BCUT2D eigenvalue weighted by Crippen LogP contribution is 2.28. The van der Waals surface area contributed by atoms with Crippen LogP contribution < -0.4 is 10.5 Å². The van der Waals surface area contributed by atoms with Crippen molar-refractivity contribution in [1.29, 1.82) is 0 Å². The first-order chi connectivity index (χ1) is 12.6. The summed E-state index contributed by atoms with van der Waals surface area (Å²) in [7, 11) is 0. The molecule has 0 amide bonds. The lowest BCUT2D eigenvalue weighted by Crippen LogP contribution is -2.38. The minimum Gasteiger partial charge on any atom is -0.376 e. The molecule has 2 aromatic heterocycles. The molecule has 26 heavy (non-hydrogen) atoms. The molecule has 0 aliphatic carbocycles. The molecule has 0 atom stereocenters. The molecule has 4 heterocycles. The van der Waals surface area contributed by atoms with Crippen LogP contribution in [-0.2, 0) is 24.3 Å². The van der Waals surface area contributed by atoms with Crippen molar-refractivity contribution >= 4 is 5.82 Å². The average molecular weight is 355 g/mol. The van der Waals surface area contributed by atoms with Crippen molar-refractivity contribution in [2.45, 2.75) is 46.3 Å². The highest BCUT2D eigenvalue weighted by molar-refractivity contribution is 5.49. The molecule has 2 aliphatic heterocycles. The van der Waals surface area contributed by atoms with E-state index in [0.717, 1.165) is 73.8 Å². The van der Waals surface area contributed by atoms with E-state index < -0.39 is 0 Å². The number of hydrogen-bond donors (Lipinski definition) is 0. The van der Waals surface area contributed by atoms with E-state index in [9.17, 15) is 4.79 Å². The summed E-state index contributed by atoms with van der Waals surface area (Å²) in [5.74, 6) is 1.51. The van der Waals surface area contributed by atoms with Gasteiger partial charge in [0, 0.05) is 42.9 Å². The fraction of sp³-hybridized carbons (Fsp3) is 0.579. The largest absolute Gasteiger partial charge is 0.376 e. The van der Waals surface area contributed by atoms with Crippen molar-refractivity contribution in [3.63, 3.8) is 0 Å². The van der Waals surface area contributed by atoms with Gasteiger partial charge in [0.2, 0.25) is 0 Å². The standard InChI is InChI=1S/C19H25N5O2/c1-13-14(2)22-12-24(19(13)25)9-15-3-6-23(7-4-15)18-16-10-26-8-5-17(16)20-11-21-18/h11-12,15H,3-10H2,1-2H3. The Bertz CT molecular complexity index is 855. The summed E-state index contributed by atoms with van der Waals surface area (Å²) in [6.45, 7) is 7.71. The van der Waals surface area contributed by atoms with E-state index in [1.54, 1.807) is 17.2 Å². The number of fused-ring (bicyclic) bond motifs is 1. The normalized spacial score (nSPS) is 18.0. The molecule has 1 fully saturated rings. The monoisotopic (exact) mass is 355 g/mol. The number of nitrogens with zero attached hydrogens (tertiary/aromatic N) is 5. The number of piperidine rings is 1. The van der Waals surface area contributed by atoms with Crippen LogP contribution in [0.2, 0.25) is 0 Å². The number of ether oxygens (including phenoxy) is 1.